The second-order valence-electron chi connectivity index (χ2n) is 3.52. The van der Waals surface area contributed by atoms with Crippen LogP contribution in [0.1, 0.15) is 25.5 Å². The Morgan fingerprint density at radius 1 is 1.38 bits per heavy atom. The van der Waals surface area contributed by atoms with Crippen LogP contribution in [0.25, 0.3) is 0 Å². The average molecular weight is 288 g/mol. The Morgan fingerprint density at radius 3 is 2.69 bits per heavy atom. The molecule has 1 atom stereocenters. The number of rotatable bonds is 6. The van der Waals surface area contributed by atoms with Crippen LogP contribution in [0.3, 0.4) is 0 Å². The molecule has 0 radical (unpaired) electrons. The molecule has 1 aromatic carbocycles. The highest BCUT2D eigenvalue weighted by Crippen LogP contribution is 2.26. The molecule has 0 saturated heterocycles. The highest BCUT2D eigenvalue weighted by molar-refractivity contribution is 9.10. The van der Waals surface area contributed by atoms with Gasteiger partial charge >= 0.3 is 0 Å². The first-order valence-corrected chi connectivity index (χ1v) is 6.20. The Hall–Kier alpha value is -0.580. The lowest BCUT2D eigenvalue weighted by atomic mass is 10.1. The third kappa shape index (κ3) is 4.12. The zero-order valence-corrected chi connectivity index (χ0v) is 11.3. The molecular weight excluding hydrogens is 270 g/mol. The normalized spacial score (nSPS) is 12.5. The summed E-state index contributed by atoms with van der Waals surface area (Å²) in [5.41, 5.74) is 6.89. The minimum absolute atomic E-state index is 0.0202. The van der Waals surface area contributed by atoms with Gasteiger partial charge in [-0.3, -0.25) is 0 Å². The van der Waals surface area contributed by atoms with Crippen molar-refractivity contribution in [1.82, 2.24) is 0 Å². The van der Waals surface area contributed by atoms with E-state index in [-0.39, 0.29) is 6.04 Å². The van der Waals surface area contributed by atoms with Crippen molar-refractivity contribution < 1.29 is 9.47 Å². The molecule has 0 bridgehead atoms. The van der Waals surface area contributed by atoms with Gasteiger partial charge in [-0.15, -0.1) is 0 Å². The van der Waals surface area contributed by atoms with Crippen LogP contribution in [0.5, 0.6) is 5.75 Å². The Morgan fingerprint density at radius 2 is 2.12 bits per heavy atom. The molecule has 0 fully saturated rings. The number of halogens is 1. The van der Waals surface area contributed by atoms with Gasteiger partial charge in [0.05, 0.1) is 6.61 Å². The highest BCUT2D eigenvalue weighted by atomic mass is 79.9. The highest BCUT2D eigenvalue weighted by Gasteiger charge is 2.05. The van der Waals surface area contributed by atoms with Crippen molar-refractivity contribution in [2.75, 3.05) is 19.8 Å². The van der Waals surface area contributed by atoms with Crippen molar-refractivity contribution in [2.24, 2.45) is 5.73 Å². The maximum atomic E-state index is 5.81. The standard InChI is InChI=1S/C12H18BrNO2/c1-3-15-6-7-16-10-4-5-11(9(2)14)12(13)8-10/h4-5,8-9H,3,6-7,14H2,1-2H3. The maximum Gasteiger partial charge on any atom is 0.120 e. The predicted molar refractivity (Wildman–Crippen MR) is 68.7 cm³/mol. The van der Waals surface area contributed by atoms with Crippen LogP contribution < -0.4 is 10.5 Å². The first-order chi connectivity index (χ1) is 7.65. The van der Waals surface area contributed by atoms with Gasteiger partial charge in [0, 0.05) is 17.1 Å². The van der Waals surface area contributed by atoms with Crippen molar-refractivity contribution in [1.29, 1.82) is 0 Å². The lowest BCUT2D eigenvalue weighted by Gasteiger charge is -2.11. The second kappa shape index (κ2) is 6.89. The summed E-state index contributed by atoms with van der Waals surface area (Å²) in [6, 6.07) is 5.86. The quantitative estimate of drug-likeness (QED) is 0.819. The van der Waals surface area contributed by atoms with Gasteiger partial charge in [0.15, 0.2) is 0 Å². The fourth-order valence-electron chi connectivity index (χ4n) is 1.33. The Labute approximate surface area is 105 Å². The number of benzene rings is 1. The molecule has 0 amide bonds. The summed E-state index contributed by atoms with van der Waals surface area (Å²) in [7, 11) is 0. The largest absolute Gasteiger partial charge is 0.491 e. The third-order valence-corrected chi connectivity index (χ3v) is 2.85. The zero-order valence-electron chi connectivity index (χ0n) is 9.70. The van der Waals surface area contributed by atoms with E-state index >= 15 is 0 Å². The van der Waals surface area contributed by atoms with Crippen molar-refractivity contribution in [3.8, 4) is 5.75 Å². The Balaban J connectivity index is 2.53. The predicted octanol–water partition coefficient (Wildman–Crippen LogP) is 2.88. The SMILES string of the molecule is CCOCCOc1ccc(C(C)N)c(Br)c1. The van der Waals surface area contributed by atoms with Crippen LogP contribution >= 0.6 is 15.9 Å². The van der Waals surface area contributed by atoms with E-state index in [0.717, 1.165) is 22.4 Å². The van der Waals surface area contributed by atoms with E-state index in [1.54, 1.807) is 0 Å². The van der Waals surface area contributed by atoms with Crippen LogP contribution in [0, 0.1) is 0 Å². The van der Waals surface area contributed by atoms with E-state index in [2.05, 4.69) is 15.9 Å². The minimum Gasteiger partial charge on any atom is -0.491 e. The van der Waals surface area contributed by atoms with Gasteiger partial charge < -0.3 is 15.2 Å². The van der Waals surface area contributed by atoms with Crippen LogP contribution in [-0.2, 0) is 4.74 Å². The molecule has 2 N–H and O–H groups in total. The summed E-state index contributed by atoms with van der Waals surface area (Å²) < 4.78 is 11.7. The van der Waals surface area contributed by atoms with Crippen LogP contribution in [0.2, 0.25) is 0 Å². The fourth-order valence-corrected chi connectivity index (χ4v) is 2.05. The molecular formula is C12H18BrNO2. The summed E-state index contributed by atoms with van der Waals surface area (Å²) in [6.07, 6.45) is 0. The zero-order chi connectivity index (χ0) is 12.0. The maximum absolute atomic E-state index is 5.81. The van der Waals surface area contributed by atoms with Crippen LogP contribution in [0.15, 0.2) is 22.7 Å². The fraction of sp³-hybridized carbons (Fsp3) is 0.500. The molecule has 4 heteroatoms. The monoisotopic (exact) mass is 287 g/mol. The Kier molecular flexibility index (Phi) is 5.80. The summed E-state index contributed by atoms with van der Waals surface area (Å²) >= 11 is 3.48. The number of nitrogens with two attached hydrogens (primary N) is 1. The average Bonchev–Trinajstić information content (AvgIpc) is 2.24. The van der Waals surface area contributed by atoms with Crippen molar-refractivity contribution in [2.45, 2.75) is 19.9 Å². The molecule has 0 aliphatic rings. The van der Waals surface area contributed by atoms with E-state index in [4.69, 9.17) is 15.2 Å². The first-order valence-electron chi connectivity index (χ1n) is 5.40. The summed E-state index contributed by atoms with van der Waals surface area (Å²) in [5.74, 6) is 0.830. The number of ether oxygens (including phenoxy) is 2. The lowest BCUT2D eigenvalue weighted by Crippen LogP contribution is -2.08. The lowest BCUT2D eigenvalue weighted by molar-refractivity contribution is 0.110. The number of hydrogen-bond donors (Lipinski definition) is 1. The third-order valence-electron chi connectivity index (χ3n) is 2.16. The van der Waals surface area contributed by atoms with E-state index in [9.17, 15) is 0 Å². The number of hydrogen-bond acceptors (Lipinski definition) is 3. The van der Waals surface area contributed by atoms with Gasteiger partial charge in [-0.25, -0.2) is 0 Å². The molecule has 0 aliphatic carbocycles. The van der Waals surface area contributed by atoms with E-state index in [0.29, 0.717) is 13.2 Å². The molecule has 0 aromatic heterocycles. The smallest absolute Gasteiger partial charge is 0.120 e. The molecule has 1 unspecified atom stereocenters. The second-order valence-corrected chi connectivity index (χ2v) is 4.37. The summed E-state index contributed by atoms with van der Waals surface area (Å²) in [5, 5.41) is 0. The minimum atomic E-state index is 0.0202. The van der Waals surface area contributed by atoms with E-state index in [1.807, 2.05) is 32.0 Å². The van der Waals surface area contributed by atoms with Gasteiger partial charge in [0.1, 0.15) is 12.4 Å². The van der Waals surface area contributed by atoms with Crippen molar-refractivity contribution >= 4 is 15.9 Å². The molecule has 1 aromatic rings. The van der Waals surface area contributed by atoms with Gasteiger partial charge in [-0.2, -0.15) is 0 Å². The molecule has 90 valence electrons. The Bertz CT molecular complexity index is 329. The van der Waals surface area contributed by atoms with Crippen LogP contribution in [-0.4, -0.2) is 19.8 Å². The van der Waals surface area contributed by atoms with Gasteiger partial charge in [0.25, 0.3) is 0 Å². The van der Waals surface area contributed by atoms with Gasteiger partial charge in [-0.1, -0.05) is 22.0 Å². The van der Waals surface area contributed by atoms with Gasteiger partial charge in [0.2, 0.25) is 0 Å². The van der Waals surface area contributed by atoms with E-state index < -0.39 is 0 Å². The topological polar surface area (TPSA) is 44.5 Å². The first kappa shape index (κ1) is 13.5. The summed E-state index contributed by atoms with van der Waals surface area (Å²) in [6.45, 7) is 5.82. The van der Waals surface area contributed by atoms with Crippen molar-refractivity contribution in [3.63, 3.8) is 0 Å². The molecule has 0 heterocycles. The molecule has 0 spiro atoms. The molecule has 3 nitrogen and oxygen atoms in total. The van der Waals surface area contributed by atoms with Gasteiger partial charge in [-0.05, 0) is 31.5 Å². The summed E-state index contributed by atoms with van der Waals surface area (Å²) in [4.78, 5) is 0. The van der Waals surface area contributed by atoms with E-state index in [1.165, 1.54) is 0 Å². The van der Waals surface area contributed by atoms with Crippen molar-refractivity contribution in [3.05, 3.63) is 28.2 Å². The molecule has 16 heavy (non-hydrogen) atoms. The molecule has 1 rings (SSSR count). The van der Waals surface area contributed by atoms with Crippen LogP contribution in [0.4, 0.5) is 0 Å². The molecule has 0 saturated carbocycles. The molecule has 0 aliphatic heterocycles.